The third kappa shape index (κ3) is 6.49. The fourth-order valence-corrected chi connectivity index (χ4v) is 3.05. The maximum Gasteiger partial charge on any atom is 0.251 e. The Morgan fingerprint density at radius 3 is 2.04 bits per heavy atom. The summed E-state index contributed by atoms with van der Waals surface area (Å²) in [4.78, 5) is 24.0. The van der Waals surface area contributed by atoms with Crippen LogP contribution in [0.15, 0.2) is 53.0 Å². The standard InChI is InChI=1S/C17H18BrN3O4S/c1-26(24,25)21-15-7-5-12(6-8-15)16(22)19-9-10-20-17(23)13-3-2-4-14(18)11-13/h2-8,11,21H,9-10H2,1H3,(H,19,22)(H,20,23). The van der Waals surface area contributed by atoms with Crippen molar-refractivity contribution in [3.8, 4) is 0 Å². The first-order valence-corrected chi connectivity index (χ1v) is 10.3. The normalized spacial score (nSPS) is 10.8. The lowest BCUT2D eigenvalue weighted by atomic mass is 10.2. The third-order valence-corrected chi connectivity index (χ3v) is 4.33. The van der Waals surface area contributed by atoms with Gasteiger partial charge in [-0.05, 0) is 42.5 Å². The molecular weight excluding hydrogens is 422 g/mol. The average molecular weight is 440 g/mol. The molecule has 0 unspecified atom stereocenters. The Kier molecular flexibility index (Phi) is 6.76. The molecule has 7 nitrogen and oxygen atoms in total. The van der Waals surface area contributed by atoms with Crippen LogP contribution in [-0.2, 0) is 10.0 Å². The molecule has 0 saturated carbocycles. The predicted molar refractivity (Wildman–Crippen MR) is 104 cm³/mol. The van der Waals surface area contributed by atoms with Gasteiger partial charge < -0.3 is 10.6 Å². The largest absolute Gasteiger partial charge is 0.350 e. The van der Waals surface area contributed by atoms with E-state index in [9.17, 15) is 18.0 Å². The number of hydrogen-bond donors (Lipinski definition) is 3. The minimum atomic E-state index is -3.36. The van der Waals surface area contributed by atoms with Crippen molar-refractivity contribution in [3.05, 3.63) is 64.1 Å². The van der Waals surface area contributed by atoms with Gasteiger partial charge in [0.05, 0.1) is 6.26 Å². The van der Waals surface area contributed by atoms with Crippen LogP contribution < -0.4 is 15.4 Å². The van der Waals surface area contributed by atoms with Gasteiger partial charge in [0.1, 0.15) is 0 Å². The van der Waals surface area contributed by atoms with Crippen LogP contribution in [0.2, 0.25) is 0 Å². The number of hydrogen-bond acceptors (Lipinski definition) is 4. The molecule has 138 valence electrons. The maximum atomic E-state index is 12.0. The summed E-state index contributed by atoms with van der Waals surface area (Å²) in [7, 11) is -3.36. The van der Waals surface area contributed by atoms with E-state index in [0.29, 0.717) is 16.8 Å². The number of amides is 2. The Morgan fingerprint density at radius 1 is 0.923 bits per heavy atom. The van der Waals surface area contributed by atoms with Crippen molar-refractivity contribution in [1.29, 1.82) is 0 Å². The SMILES string of the molecule is CS(=O)(=O)Nc1ccc(C(=O)NCCNC(=O)c2cccc(Br)c2)cc1. The number of sulfonamides is 1. The Hall–Kier alpha value is -2.39. The van der Waals surface area contributed by atoms with Gasteiger partial charge in [0, 0.05) is 34.4 Å². The molecule has 2 aromatic carbocycles. The zero-order chi connectivity index (χ0) is 19.2. The lowest BCUT2D eigenvalue weighted by Gasteiger charge is -2.08. The van der Waals surface area contributed by atoms with Crippen molar-refractivity contribution in [2.45, 2.75) is 0 Å². The summed E-state index contributed by atoms with van der Waals surface area (Å²) >= 11 is 3.30. The first kappa shape index (κ1) is 19.9. The summed E-state index contributed by atoms with van der Waals surface area (Å²) in [5, 5.41) is 5.40. The molecule has 0 fully saturated rings. The Labute approximate surface area is 160 Å². The van der Waals surface area contributed by atoms with Crippen molar-refractivity contribution in [2.24, 2.45) is 0 Å². The van der Waals surface area contributed by atoms with Crippen LogP contribution in [0, 0.1) is 0 Å². The second kappa shape index (κ2) is 8.81. The van der Waals surface area contributed by atoms with Crippen LogP contribution in [0.3, 0.4) is 0 Å². The number of rotatable bonds is 7. The van der Waals surface area contributed by atoms with E-state index in [0.717, 1.165) is 10.7 Å². The fourth-order valence-electron chi connectivity index (χ4n) is 2.09. The van der Waals surface area contributed by atoms with Crippen molar-refractivity contribution >= 4 is 43.5 Å². The van der Waals surface area contributed by atoms with Gasteiger partial charge in [-0.3, -0.25) is 14.3 Å². The molecule has 2 amide bonds. The Balaban J connectivity index is 1.79. The van der Waals surface area contributed by atoms with Gasteiger partial charge in [0.2, 0.25) is 10.0 Å². The van der Waals surface area contributed by atoms with Crippen LogP contribution >= 0.6 is 15.9 Å². The molecule has 0 atom stereocenters. The van der Waals surface area contributed by atoms with E-state index >= 15 is 0 Å². The number of halogens is 1. The van der Waals surface area contributed by atoms with Gasteiger partial charge in [-0.1, -0.05) is 22.0 Å². The zero-order valence-corrected chi connectivity index (χ0v) is 16.4. The maximum absolute atomic E-state index is 12.0. The average Bonchev–Trinajstić information content (AvgIpc) is 2.57. The lowest BCUT2D eigenvalue weighted by molar-refractivity contribution is 0.0927. The van der Waals surface area contributed by atoms with E-state index in [4.69, 9.17) is 0 Å². The molecule has 26 heavy (non-hydrogen) atoms. The van der Waals surface area contributed by atoms with E-state index in [-0.39, 0.29) is 24.9 Å². The van der Waals surface area contributed by atoms with Gasteiger partial charge in [0.15, 0.2) is 0 Å². The number of anilines is 1. The second-order valence-electron chi connectivity index (χ2n) is 5.47. The Bertz CT molecular complexity index is 898. The highest BCUT2D eigenvalue weighted by Crippen LogP contribution is 2.12. The van der Waals surface area contributed by atoms with Crippen LogP contribution in [0.4, 0.5) is 5.69 Å². The van der Waals surface area contributed by atoms with Gasteiger partial charge in [0.25, 0.3) is 11.8 Å². The van der Waals surface area contributed by atoms with Crippen LogP contribution in [0.5, 0.6) is 0 Å². The zero-order valence-electron chi connectivity index (χ0n) is 14.0. The summed E-state index contributed by atoms with van der Waals surface area (Å²) in [6.45, 7) is 0.548. The molecule has 0 spiro atoms. The molecular formula is C17H18BrN3O4S. The minimum absolute atomic E-state index is 0.225. The predicted octanol–water partition coefficient (Wildman–Crippen LogP) is 1.98. The number of nitrogens with one attached hydrogen (secondary N) is 3. The van der Waals surface area contributed by atoms with Gasteiger partial charge >= 0.3 is 0 Å². The summed E-state index contributed by atoms with van der Waals surface area (Å²) in [5.41, 5.74) is 1.30. The fraction of sp³-hybridized carbons (Fsp3) is 0.176. The summed E-state index contributed by atoms with van der Waals surface area (Å²) in [6.07, 6.45) is 1.05. The van der Waals surface area contributed by atoms with Crippen molar-refractivity contribution in [2.75, 3.05) is 24.1 Å². The molecule has 2 aromatic rings. The van der Waals surface area contributed by atoms with Gasteiger partial charge in [-0.2, -0.15) is 0 Å². The van der Waals surface area contributed by atoms with Crippen LogP contribution in [0.25, 0.3) is 0 Å². The third-order valence-electron chi connectivity index (χ3n) is 3.23. The topological polar surface area (TPSA) is 104 Å². The van der Waals surface area contributed by atoms with Gasteiger partial charge in [-0.15, -0.1) is 0 Å². The highest BCUT2D eigenvalue weighted by molar-refractivity contribution is 9.10. The molecule has 0 aromatic heterocycles. The molecule has 2 rings (SSSR count). The molecule has 0 aliphatic rings. The smallest absolute Gasteiger partial charge is 0.251 e. The first-order valence-electron chi connectivity index (χ1n) is 7.64. The molecule has 0 aliphatic heterocycles. The van der Waals surface area contributed by atoms with Crippen LogP contribution in [-0.4, -0.2) is 39.6 Å². The van der Waals surface area contributed by atoms with Crippen LogP contribution in [0.1, 0.15) is 20.7 Å². The first-order chi connectivity index (χ1) is 12.2. The summed E-state index contributed by atoms with van der Waals surface area (Å²) in [6, 6.07) is 13.0. The molecule has 0 heterocycles. The highest BCUT2D eigenvalue weighted by atomic mass is 79.9. The van der Waals surface area contributed by atoms with E-state index in [1.165, 1.54) is 24.3 Å². The number of carbonyl (C=O) groups is 2. The number of carbonyl (C=O) groups excluding carboxylic acids is 2. The van der Waals surface area contributed by atoms with E-state index < -0.39 is 10.0 Å². The Morgan fingerprint density at radius 2 is 1.50 bits per heavy atom. The van der Waals surface area contributed by atoms with E-state index in [1.807, 2.05) is 6.07 Å². The molecule has 0 aliphatic carbocycles. The van der Waals surface area contributed by atoms with Gasteiger partial charge in [-0.25, -0.2) is 8.42 Å². The molecule has 0 saturated heterocycles. The summed E-state index contributed by atoms with van der Waals surface area (Å²) < 4.78 is 25.4. The van der Waals surface area contributed by atoms with E-state index in [1.54, 1.807) is 18.2 Å². The monoisotopic (exact) mass is 439 g/mol. The van der Waals surface area contributed by atoms with Crippen molar-refractivity contribution in [1.82, 2.24) is 10.6 Å². The lowest BCUT2D eigenvalue weighted by Crippen LogP contribution is -2.34. The molecule has 0 bridgehead atoms. The minimum Gasteiger partial charge on any atom is -0.350 e. The van der Waals surface area contributed by atoms with E-state index in [2.05, 4.69) is 31.3 Å². The second-order valence-corrected chi connectivity index (χ2v) is 8.14. The molecule has 0 radical (unpaired) electrons. The summed E-state index contributed by atoms with van der Waals surface area (Å²) in [5.74, 6) is -0.538. The van der Waals surface area contributed by atoms with Crippen molar-refractivity contribution < 1.29 is 18.0 Å². The highest BCUT2D eigenvalue weighted by Gasteiger charge is 2.08. The number of benzene rings is 2. The van der Waals surface area contributed by atoms with Crippen molar-refractivity contribution in [3.63, 3.8) is 0 Å². The molecule has 9 heteroatoms. The quantitative estimate of drug-likeness (QED) is 0.573. The molecule has 3 N–H and O–H groups in total.